The summed E-state index contributed by atoms with van der Waals surface area (Å²) < 4.78 is 0. The molecule has 28 heavy (non-hydrogen) atoms. The van der Waals surface area contributed by atoms with E-state index in [1.54, 1.807) is 0 Å². The molecule has 5 rings (SSSR count). The third-order valence-corrected chi connectivity index (χ3v) is 5.36. The van der Waals surface area contributed by atoms with Crippen LogP contribution in [-0.2, 0) is 12.8 Å². The van der Waals surface area contributed by atoms with Gasteiger partial charge in [0.2, 0.25) is 0 Å². The Bertz CT molecular complexity index is 1170. The molecule has 0 saturated heterocycles. The number of aliphatic imine (C=N–C) groups is 1. The molecule has 0 atom stereocenters. The van der Waals surface area contributed by atoms with Crippen molar-refractivity contribution in [2.45, 2.75) is 12.8 Å². The van der Waals surface area contributed by atoms with Crippen molar-refractivity contribution in [3.05, 3.63) is 96.1 Å². The van der Waals surface area contributed by atoms with E-state index in [1.807, 2.05) is 30.3 Å². The summed E-state index contributed by atoms with van der Waals surface area (Å²) in [7, 11) is 0. The highest BCUT2D eigenvalue weighted by Crippen LogP contribution is 2.36. The standard InChI is InChI=1S/C25H21N3/c26-25(27-21-14-11-18(12-15-21)17-5-2-1-3-6-17)28-23-16-13-20-10-9-19-7-4-8-22(23)24(19)20/h1-8,11-16H,9-10H2,(H3,26,27,28). The predicted molar refractivity (Wildman–Crippen MR) is 118 cm³/mol. The molecule has 0 saturated carbocycles. The first-order valence-electron chi connectivity index (χ1n) is 9.58. The fraction of sp³-hybridized carbons (Fsp3) is 0.0800. The average molecular weight is 363 g/mol. The van der Waals surface area contributed by atoms with Gasteiger partial charge in [-0.3, -0.25) is 0 Å². The Balaban J connectivity index is 1.41. The molecule has 0 aromatic heterocycles. The second-order valence-corrected chi connectivity index (χ2v) is 7.15. The van der Waals surface area contributed by atoms with Crippen LogP contribution in [0.4, 0.5) is 11.4 Å². The molecule has 0 aliphatic heterocycles. The normalized spacial score (nSPS) is 13.1. The van der Waals surface area contributed by atoms with Crippen molar-refractivity contribution in [1.29, 1.82) is 0 Å². The molecule has 0 bridgehead atoms. The van der Waals surface area contributed by atoms with Gasteiger partial charge in [-0.15, -0.1) is 0 Å². The van der Waals surface area contributed by atoms with E-state index in [0.29, 0.717) is 5.96 Å². The van der Waals surface area contributed by atoms with E-state index in [-0.39, 0.29) is 0 Å². The van der Waals surface area contributed by atoms with Crippen LogP contribution < -0.4 is 11.1 Å². The Kier molecular flexibility index (Phi) is 4.06. The van der Waals surface area contributed by atoms with Crippen molar-refractivity contribution in [3.63, 3.8) is 0 Å². The summed E-state index contributed by atoms with van der Waals surface area (Å²) in [5.41, 5.74) is 13.2. The molecule has 1 aliphatic rings. The predicted octanol–water partition coefficient (Wildman–Crippen LogP) is 5.66. The lowest BCUT2D eigenvalue weighted by Gasteiger charge is -2.09. The van der Waals surface area contributed by atoms with Crippen molar-refractivity contribution < 1.29 is 0 Å². The number of nitrogens with zero attached hydrogens (tertiary/aromatic N) is 1. The maximum atomic E-state index is 6.21. The molecule has 3 nitrogen and oxygen atoms in total. The third-order valence-electron chi connectivity index (χ3n) is 5.36. The van der Waals surface area contributed by atoms with Crippen LogP contribution in [0.2, 0.25) is 0 Å². The zero-order chi connectivity index (χ0) is 18.9. The molecule has 136 valence electrons. The highest BCUT2D eigenvalue weighted by molar-refractivity contribution is 6.02. The van der Waals surface area contributed by atoms with Crippen LogP contribution in [-0.4, -0.2) is 5.96 Å². The van der Waals surface area contributed by atoms with Crippen molar-refractivity contribution >= 4 is 28.1 Å². The van der Waals surface area contributed by atoms with Crippen molar-refractivity contribution in [1.82, 2.24) is 0 Å². The minimum absolute atomic E-state index is 0.395. The largest absolute Gasteiger partial charge is 0.369 e. The van der Waals surface area contributed by atoms with Crippen LogP contribution in [0, 0.1) is 0 Å². The molecule has 0 unspecified atom stereocenters. The summed E-state index contributed by atoms with van der Waals surface area (Å²) in [5, 5.41) is 5.73. The van der Waals surface area contributed by atoms with E-state index in [0.717, 1.165) is 24.2 Å². The number of anilines is 1. The molecule has 3 N–H and O–H groups in total. The van der Waals surface area contributed by atoms with Crippen LogP contribution in [0.15, 0.2) is 89.9 Å². The molecule has 0 radical (unpaired) electrons. The first-order chi connectivity index (χ1) is 13.8. The lowest BCUT2D eigenvalue weighted by atomic mass is 10.0. The number of hydrogen-bond acceptors (Lipinski definition) is 1. The molecule has 4 aromatic carbocycles. The van der Waals surface area contributed by atoms with E-state index in [2.05, 4.69) is 64.9 Å². The first-order valence-corrected chi connectivity index (χ1v) is 9.58. The molecule has 0 heterocycles. The molecular weight excluding hydrogens is 342 g/mol. The van der Waals surface area contributed by atoms with Gasteiger partial charge in [0.15, 0.2) is 5.96 Å². The molecule has 1 aliphatic carbocycles. The second kappa shape index (κ2) is 6.86. The number of benzene rings is 4. The minimum atomic E-state index is 0.395. The maximum Gasteiger partial charge on any atom is 0.198 e. The van der Waals surface area contributed by atoms with Crippen LogP contribution in [0.3, 0.4) is 0 Å². The van der Waals surface area contributed by atoms with E-state index in [4.69, 9.17) is 5.73 Å². The van der Waals surface area contributed by atoms with E-state index < -0.39 is 0 Å². The smallest absolute Gasteiger partial charge is 0.198 e. The quantitative estimate of drug-likeness (QED) is 0.364. The molecular formula is C25H21N3. The molecule has 0 fully saturated rings. The Hall–Kier alpha value is -3.59. The highest BCUT2D eigenvalue weighted by Gasteiger charge is 2.15. The monoisotopic (exact) mass is 363 g/mol. The summed E-state index contributed by atoms with van der Waals surface area (Å²) in [6, 6.07) is 29.3. The van der Waals surface area contributed by atoms with Gasteiger partial charge >= 0.3 is 0 Å². The maximum absolute atomic E-state index is 6.21. The number of hydrogen-bond donors (Lipinski definition) is 2. The van der Waals surface area contributed by atoms with E-state index in [1.165, 1.54) is 33.0 Å². The molecule has 0 spiro atoms. The third kappa shape index (κ3) is 3.01. The van der Waals surface area contributed by atoms with Crippen LogP contribution in [0.5, 0.6) is 0 Å². The number of nitrogens with two attached hydrogens (primary N) is 1. The van der Waals surface area contributed by atoms with Gasteiger partial charge < -0.3 is 11.1 Å². The van der Waals surface area contributed by atoms with Crippen LogP contribution in [0.1, 0.15) is 11.1 Å². The topological polar surface area (TPSA) is 50.4 Å². The highest BCUT2D eigenvalue weighted by atomic mass is 15.1. The Morgan fingerprint density at radius 2 is 1.43 bits per heavy atom. The van der Waals surface area contributed by atoms with Gasteiger partial charge in [-0.05, 0) is 58.7 Å². The van der Waals surface area contributed by atoms with Gasteiger partial charge in [-0.1, -0.05) is 66.7 Å². The fourth-order valence-corrected chi connectivity index (χ4v) is 4.01. The average Bonchev–Trinajstić information content (AvgIpc) is 3.16. The minimum Gasteiger partial charge on any atom is -0.369 e. The fourth-order valence-electron chi connectivity index (χ4n) is 4.01. The van der Waals surface area contributed by atoms with Crippen molar-refractivity contribution in [2.75, 3.05) is 5.32 Å². The SMILES string of the molecule is NC(=Nc1ccc2c3c(cccc13)CC2)Nc1ccc(-c2ccccc2)cc1. The number of rotatable bonds is 3. The number of nitrogens with one attached hydrogen (secondary N) is 1. The van der Waals surface area contributed by atoms with Crippen LogP contribution in [0.25, 0.3) is 21.9 Å². The molecule has 3 heteroatoms. The summed E-state index contributed by atoms with van der Waals surface area (Å²) >= 11 is 0. The van der Waals surface area contributed by atoms with Gasteiger partial charge in [0.25, 0.3) is 0 Å². The van der Waals surface area contributed by atoms with Gasteiger partial charge in [0, 0.05) is 11.1 Å². The van der Waals surface area contributed by atoms with Gasteiger partial charge in [0.1, 0.15) is 0 Å². The second-order valence-electron chi connectivity index (χ2n) is 7.15. The van der Waals surface area contributed by atoms with Crippen LogP contribution >= 0.6 is 0 Å². The van der Waals surface area contributed by atoms with Crippen molar-refractivity contribution in [3.8, 4) is 11.1 Å². The summed E-state index contributed by atoms with van der Waals surface area (Å²) in [6.07, 6.45) is 2.22. The molecule has 4 aromatic rings. The van der Waals surface area contributed by atoms with Gasteiger partial charge in [-0.2, -0.15) is 0 Å². The van der Waals surface area contributed by atoms with Gasteiger partial charge in [-0.25, -0.2) is 4.99 Å². The van der Waals surface area contributed by atoms with E-state index >= 15 is 0 Å². The van der Waals surface area contributed by atoms with Gasteiger partial charge in [0.05, 0.1) is 5.69 Å². The molecule has 0 amide bonds. The lowest BCUT2D eigenvalue weighted by Crippen LogP contribution is -2.21. The summed E-state index contributed by atoms with van der Waals surface area (Å²) in [6.45, 7) is 0. The number of aryl methyl sites for hydroxylation is 2. The van der Waals surface area contributed by atoms with E-state index in [9.17, 15) is 0 Å². The Morgan fingerprint density at radius 3 is 2.21 bits per heavy atom. The summed E-state index contributed by atoms with van der Waals surface area (Å²) in [5.74, 6) is 0.395. The Morgan fingerprint density at radius 1 is 0.714 bits per heavy atom. The van der Waals surface area contributed by atoms with Crippen molar-refractivity contribution in [2.24, 2.45) is 10.7 Å². The zero-order valence-electron chi connectivity index (χ0n) is 15.5. The number of guanidine groups is 1. The summed E-state index contributed by atoms with van der Waals surface area (Å²) in [4.78, 5) is 4.66. The zero-order valence-corrected chi connectivity index (χ0v) is 15.5. The first kappa shape index (κ1) is 16.6. The Labute approximate surface area is 164 Å². The lowest BCUT2D eigenvalue weighted by molar-refractivity contribution is 1.02.